The summed E-state index contributed by atoms with van der Waals surface area (Å²) < 4.78 is 39.4. The number of rotatable bonds is 6. The van der Waals surface area contributed by atoms with Gasteiger partial charge in [-0.3, -0.25) is 9.59 Å². The summed E-state index contributed by atoms with van der Waals surface area (Å²) in [4.78, 5) is 25.1. The summed E-state index contributed by atoms with van der Waals surface area (Å²) in [6.45, 7) is 0.864. The quantitative estimate of drug-likeness (QED) is 0.353. The summed E-state index contributed by atoms with van der Waals surface area (Å²) in [5, 5.41) is 31.5. The first-order chi connectivity index (χ1) is 17.0. The van der Waals surface area contributed by atoms with E-state index in [1.165, 1.54) is 18.5 Å². The molecule has 1 saturated heterocycles. The maximum atomic E-state index is 12.9. The van der Waals surface area contributed by atoms with Crippen LogP contribution in [0.25, 0.3) is 0 Å². The van der Waals surface area contributed by atoms with Crippen molar-refractivity contribution >= 4 is 11.8 Å². The van der Waals surface area contributed by atoms with Gasteiger partial charge in [0, 0.05) is 23.7 Å². The number of aromatic nitrogens is 1. The molecule has 1 aromatic heterocycles. The van der Waals surface area contributed by atoms with Crippen LogP contribution in [0.2, 0.25) is 0 Å². The molecule has 0 spiro atoms. The van der Waals surface area contributed by atoms with E-state index in [0.717, 1.165) is 18.2 Å². The van der Waals surface area contributed by atoms with Crippen molar-refractivity contribution in [2.24, 2.45) is 5.92 Å². The van der Waals surface area contributed by atoms with Crippen LogP contribution in [0.5, 0.6) is 0 Å². The monoisotopic (exact) mass is 506 g/mol. The zero-order chi connectivity index (χ0) is 26.0. The van der Waals surface area contributed by atoms with E-state index in [-0.39, 0.29) is 18.0 Å². The molecule has 36 heavy (non-hydrogen) atoms. The van der Waals surface area contributed by atoms with Gasteiger partial charge in [0.1, 0.15) is 0 Å². The van der Waals surface area contributed by atoms with Crippen LogP contribution in [0, 0.1) is 11.1 Å². The van der Waals surface area contributed by atoms with Crippen molar-refractivity contribution in [3.05, 3.63) is 70.7 Å². The van der Waals surface area contributed by atoms with Gasteiger partial charge in [-0.15, -0.1) is 0 Å². The van der Waals surface area contributed by atoms with Gasteiger partial charge in [-0.25, -0.2) is 0 Å². The van der Waals surface area contributed by atoms with Gasteiger partial charge in [0.25, 0.3) is 5.91 Å². The molecule has 194 valence electrons. The molecule has 8 nitrogen and oxygen atoms in total. The lowest BCUT2D eigenvalue weighted by Crippen LogP contribution is -2.58. The van der Waals surface area contributed by atoms with Crippen molar-refractivity contribution < 1.29 is 32.6 Å². The zero-order valence-electron chi connectivity index (χ0n) is 19.6. The summed E-state index contributed by atoms with van der Waals surface area (Å²) in [5.41, 5.74) is -2.22. The van der Waals surface area contributed by atoms with E-state index < -0.39 is 34.7 Å². The van der Waals surface area contributed by atoms with Crippen molar-refractivity contribution in [1.82, 2.24) is 16.0 Å². The van der Waals surface area contributed by atoms with Gasteiger partial charge in [-0.1, -0.05) is 6.07 Å². The number of alkyl halides is 3. The minimum atomic E-state index is -4.57. The molecule has 4 N–H and O–H groups in total. The SMILES string of the molecule is O=C(CNC(=O)c1cccc(C(F)(F)F)c1)N[C@@]1(C2CCC(O)(c3ccc[n+]([O-])c3)CC2)CCNC1. The summed E-state index contributed by atoms with van der Waals surface area (Å²) in [6, 6.07) is 7.36. The van der Waals surface area contributed by atoms with Crippen LogP contribution in [-0.4, -0.2) is 42.1 Å². The minimum Gasteiger partial charge on any atom is -0.619 e. The highest BCUT2D eigenvalue weighted by atomic mass is 19.4. The number of pyridine rings is 1. The van der Waals surface area contributed by atoms with Gasteiger partial charge >= 0.3 is 6.18 Å². The third kappa shape index (κ3) is 5.62. The van der Waals surface area contributed by atoms with Crippen LogP contribution in [-0.2, 0) is 16.6 Å². The Balaban J connectivity index is 1.36. The van der Waals surface area contributed by atoms with Crippen LogP contribution in [0.15, 0.2) is 48.8 Å². The molecule has 4 rings (SSSR count). The highest BCUT2D eigenvalue weighted by Gasteiger charge is 2.47. The molecule has 1 saturated carbocycles. The van der Waals surface area contributed by atoms with E-state index in [0.29, 0.717) is 55.5 Å². The number of hydrogen-bond acceptors (Lipinski definition) is 5. The molecular weight excluding hydrogens is 477 g/mol. The standard InChI is InChI=1S/C25H29F3N4O4/c26-25(27,28)19-4-1-3-17(13-19)22(34)30-14-21(33)31-23(10-11-29-16-23)18-6-8-24(35,9-7-18)20-5-2-12-32(36)15-20/h1-5,12-13,15,18,29,35H,6-11,14,16H2,(H,30,34)(H,31,33)/t18?,23-,24?/m0/s1. The molecular formula is C25H29F3N4O4. The lowest BCUT2D eigenvalue weighted by Gasteiger charge is -2.44. The first-order valence-corrected chi connectivity index (χ1v) is 11.9. The fourth-order valence-corrected chi connectivity index (χ4v) is 5.36. The smallest absolute Gasteiger partial charge is 0.416 e. The van der Waals surface area contributed by atoms with E-state index >= 15 is 0 Å². The van der Waals surface area contributed by atoms with E-state index in [1.54, 1.807) is 12.1 Å². The average Bonchev–Trinajstić information content (AvgIpc) is 3.32. The van der Waals surface area contributed by atoms with E-state index in [4.69, 9.17) is 0 Å². The number of hydrogen-bond donors (Lipinski definition) is 4. The third-order valence-corrected chi connectivity index (χ3v) is 7.34. The van der Waals surface area contributed by atoms with E-state index in [1.807, 2.05) is 0 Å². The zero-order valence-corrected chi connectivity index (χ0v) is 19.6. The Morgan fingerprint density at radius 1 is 1.17 bits per heavy atom. The van der Waals surface area contributed by atoms with Crippen LogP contribution in [0.3, 0.4) is 0 Å². The Morgan fingerprint density at radius 3 is 2.56 bits per heavy atom. The number of carbonyl (C=O) groups is 2. The van der Waals surface area contributed by atoms with Gasteiger partial charge in [0.05, 0.1) is 23.2 Å². The summed E-state index contributed by atoms with van der Waals surface area (Å²) >= 11 is 0. The molecule has 0 radical (unpaired) electrons. The van der Waals surface area contributed by atoms with Crippen LogP contribution in [0.4, 0.5) is 13.2 Å². The molecule has 2 aliphatic rings. The van der Waals surface area contributed by atoms with E-state index in [2.05, 4.69) is 16.0 Å². The molecule has 11 heteroatoms. The predicted molar refractivity (Wildman–Crippen MR) is 123 cm³/mol. The highest BCUT2D eigenvalue weighted by molar-refractivity contribution is 5.96. The second-order valence-electron chi connectivity index (χ2n) is 9.65. The molecule has 2 heterocycles. The Morgan fingerprint density at radius 2 is 1.92 bits per heavy atom. The molecule has 1 atom stereocenters. The fourth-order valence-electron chi connectivity index (χ4n) is 5.36. The first-order valence-electron chi connectivity index (χ1n) is 11.9. The van der Waals surface area contributed by atoms with Gasteiger partial charge in [-0.2, -0.15) is 17.9 Å². The molecule has 2 amide bonds. The third-order valence-electron chi connectivity index (χ3n) is 7.34. The number of nitrogens with one attached hydrogen (secondary N) is 3. The van der Waals surface area contributed by atoms with Crippen molar-refractivity contribution in [2.75, 3.05) is 19.6 Å². The highest BCUT2D eigenvalue weighted by Crippen LogP contribution is 2.44. The normalized spacial score (nSPS) is 26.4. The lowest BCUT2D eigenvalue weighted by molar-refractivity contribution is -0.606. The molecule has 2 fully saturated rings. The minimum absolute atomic E-state index is 0.0685. The van der Waals surface area contributed by atoms with Crippen molar-refractivity contribution in [3.8, 4) is 0 Å². The molecule has 0 bridgehead atoms. The average molecular weight is 507 g/mol. The van der Waals surface area contributed by atoms with Crippen LogP contribution < -0.4 is 20.7 Å². The number of halogens is 3. The summed E-state index contributed by atoms with van der Waals surface area (Å²) in [5.74, 6) is -1.13. The van der Waals surface area contributed by atoms with Gasteiger partial charge in [-0.05, 0) is 68.8 Å². The van der Waals surface area contributed by atoms with Crippen molar-refractivity contribution in [2.45, 2.75) is 49.4 Å². The van der Waals surface area contributed by atoms with Crippen molar-refractivity contribution in [1.29, 1.82) is 0 Å². The van der Waals surface area contributed by atoms with E-state index in [9.17, 15) is 33.1 Å². The number of aliphatic hydroxyl groups is 1. The summed E-state index contributed by atoms with van der Waals surface area (Å²) in [6.07, 6.45) is 0.970. The molecule has 1 aliphatic carbocycles. The Labute approximate surface area is 206 Å². The second kappa shape index (κ2) is 10.1. The summed E-state index contributed by atoms with van der Waals surface area (Å²) in [7, 11) is 0. The van der Waals surface area contributed by atoms with Crippen LogP contribution >= 0.6 is 0 Å². The Kier molecular flexibility index (Phi) is 7.24. The molecule has 2 aromatic rings. The maximum Gasteiger partial charge on any atom is 0.416 e. The molecule has 1 aromatic carbocycles. The fraction of sp³-hybridized carbons (Fsp3) is 0.480. The topological polar surface area (TPSA) is 117 Å². The number of benzene rings is 1. The first kappa shape index (κ1) is 25.9. The van der Waals surface area contributed by atoms with Gasteiger partial charge in [0.2, 0.25) is 5.91 Å². The predicted octanol–water partition coefficient (Wildman–Crippen LogP) is 1.99. The number of amides is 2. The maximum absolute atomic E-state index is 12.9. The number of carbonyl (C=O) groups excluding carboxylic acids is 2. The Hall–Kier alpha value is -3.18. The largest absolute Gasteiger partial charge is 0.619 e. The lowest BCUT2D eigenvalue weighted by atomic mass is 9.68. The Bertz CT molecular complexity index is 1110. The molecule has 1 aliphatic heterocycles. The number of nitrogens with zero attached hydrogens (tertiary/aromatic N) is 1. The molecule has 0 unspecified atom stereocenters. The second-order valence-corrected chi connectivity index (χ2v) is 9.65. The van der Waals surface area contributed by atoms with Crippen molar-refractivity contribution in [3.63, 3.8) is 0 Å². The van der Waals surface area contributed by atoms with Gasteiger partial charge in [0.15, 0.2) is 12.4 Å². The van der Waals surface area contributed by atoms with Gasteiger partial charge < -0.3 is 26.3 Å². The van der Waals surface area contributed by atoms with Crippen LogP contribution in [0.1, 0.15) is 53.6 Å².